The molecule has 21 heavy (non-hydrogen) atoms. The van der Waals surface area contributed by atoms with Gasteiger partial charge in [-0.05, 0) is 6.07 Å². The van der Waals surface area contributed by atoms with E-state index in [1.807, 2.05) is 18.2 Å². The molecule has 4 nitrogen and oxygen atoms in total. The highest BCUT2D eigenvalue weighted by Gasteiger charge is 2.30. The molecule has 1 N–H and O–H groups in total. The number of benzene rings is 1. The molecule has 0 aromatic heterocycles. The minimum atomic E-state index is -2.34. The zero-order valence-electron chi connectivity index (χ0n) is 11.6. The smallest absolute Gasteiger partial charge is 0.240 e. The van der Waals surface area contributed by atoms with Crippen molar-refractivity contribution in [1.29, 1.82) is 0 Å². The lowest BCUT2D eigenvalue weighted by Gasteiger charge is -2.35. The normalized spacial score (nSPS) is 19.4. The Kier molecular flexibility index (Phi) is 5.61. The Morgan fingerprint density at radius 1 is 1.19 bits per heavy atom. The van der Waals surface area contributed by atoms with Gasteiger partial charge in [-0.2, -0.15) is 0 Å². The summed E-state index contributed by atoms with van der Waals surface area (Å²) < 4.78 is 36.7. The van der Waals surface area contributed by atoms with E-state index in [-0.39, 0.29) is 31.7 Å². The number of nitrogens with one attached hydrogen (secondary N) is 1. The third kappa shape index (κ3) is 3.56. The van der Waals surface area contributed by atoms with Crippen LogP contribution in [-0.4, -0.2) is 44.3 Å². The summed E-state index contributed by atoms with van der Waals surface area (Å²) in [7, 11) is 0. The highest BCUT2D eigenvalue weighted by molar-refractivity contribution is 5.85. The molecule has 0 unspecified atom stereocenters. The predicted octanol–water partition coefficient (Wildman–Crippen LogP) is 2.44. The Morgan fingerprint density at radius 3 is 2.67 bits per heavy atom. The molecule has 3 rings (SSSR count). The Morgan fingerprint density at radius 2 is 1.95 bits per heavy atom. The van der Waals surface area contributed by atoms with Crippen LogP contribution in [0.4, 0.5) is 8.78 Å². The lowest BCUT2D eigenvalue weighted by molar-refractivity contribution is 0.0725. The molecule has 0 radical (unpaired) electrons. The van der Waals surface area contributed by atoms with Crippen LogP contribution >= 0.6 is 12.4 Å². The molecule has 0 spiro atoms. The molecule has 0 amide bonds. The first kappa shape index (κ1) is 16.3. The van der Waals surface area contributed by atoms with Crippen molar-refractivity contribution in [2.24, 2.45) is 0 Å². The Hall–Kier alpha value is -1.11. The molecule has 2 aliphatic rings. The summed E-state index contributed by atoms with van der Waals surface area (Å²) in [5.41, 5.74) is 0.808. The van der Waals surface area contributed by atoms with E-state index < -0.39 is 6.43 Å². The molecule has 0 aliphatic carbocycles. The average molecular weight is 321 g/mol. The fourth-order valence-electron chi connectivity index (χ4n) is 2.85. The van der Waals surface area contributed by atoms with Crippen LogP contribution in [-0.2, 0) is 0 Å². The lowest BCUT2D eigenvalue weighted by atomic mass is 10.00. The van der Waals surface area contributed by atoms with Crippen LogP contribution in [0.2, 0.25) is 0 Å². The van der Waals surface area contributed by atoms with E-state index in [0.717, 1.165) is 31.7 Å². The monoisotopic (exact) mass is 320 g/mol. The van der Waals surface area contributed by atoms with E-state index in [1.54, 1.807) is 0 Å². The molecule has 1 saturated heterocycles. The Balaban J connectivity index is 0.00000161. The maximum Gasteiger partial charge on any atom is 0.240 e. The predicted molar refractivity (Wildman–Crippen MR) is 77.6 cm³/mol. The van der Waals surface area contributed by atoms with Crippen LogP contribution < -0.4 is 14.8 Å². The van der Waals surface area contributed by atoms with Crippen molar-refractivity contribution in [3.8, 4) is 11.5 Å². The van der Waals surface area contributed by atoms with E-state index in [9.17, 15) is 8.78 Å². The van der Waals surface area contributed by atoms with E-state index in [2.05, 4.69) is 10.2 Å². The van der Waals surface area contributed by atoms with Crippen molar-refractivity contribution in [1.82, 2.24) is 10.2 Å². The zero-order chi connectivity index (χ0) is 13.9. The number of ether oxygens (including phenoxy) is 2. The Bertz CT molecular complexity index is 470. The van der Waals surface area contributed by atoms with Crippen molar-refractivity contribution in [2.75, 3.05) is 33.0 Å². The largest absolute Gasteiger partial charge is 0.454 e. The number of alkyl halides is 2. The number of rotatable bonds is 4. The third-order valence-electron chi connectivity index (χ3n) is 3.78. The number of hydrogen-bond donors (Lipinski definition) is 1. The standard InChI is InChI=1S/C14H18F2N2O2.ClH/c15-13(16)8-11(18-6-4-17-5-7-18)10-2-1-3-12-14(10)20-9-19-12;/h1-3,11,13,17H,4-9H2;1H/t11-;/m0./s1. The first-order chi connectivity index (χ1) is 9.75. The molecule has 2 aliphatic heterocycles. The van der Waals surface area contributed by atoms with Crippen molar-refractivity contribution >= 4 is 12.4 Å². The lowest BCUT2D eigenvalue weighted by Crippen LogP contribution is -2.45. The molecular formula is C14H19ClF2N2O2. The Labute approximate surface area is 128 Å². The quantitative estimate of drug-likeness (QED) is 0.924. The molecular weight excluding hydrogens is 302 g/mol. The molecule has 1 aromatic carbocycles. The van der Waals surface area contributed by atoms with Crippen molar-refractivity contribution in [3.63, 3.8) is 0 Å². The molecule has 118 valence electrons. The van der Waals surface area contributed by atoms with Gasteiger partial charge >= 0.3 is 0 Å². The summed E-state index contributed by atoms with van der Waals surface area (Å²) in [5.74, 6) is 1.27. The highest BCUT2D eigenvalue weighted by Crippen LogP contribution is 2.42. The summed E-state index contributed by atoms with van der Waals surface area (Å²) >= 11 is 0. The molecule has 0 bridgehead atoms. The summed E-state index contributed by atoms with van der Waals surface area (Å²) in [5, 5.41) is 3.24. The SMILES string of the molecule is Cl.FC(F)C[C@@H](c1cccc2c1OCO2)N1CCNCC1. The number of para-hydroxylation sites is 1. The topological polar surface area (TPSA) is 33.7 Å². The van der Waals surface area contributed by atoms with Crippen molar-refractivity contribution in [3.05, 3.63) is 23.8 Å². The summed E-state index contributed by atoms with van der Waals surface area (Å²) in [4.78, 5) is 2.10. The molecule has 0 saturated carbocycles. The fraction of sp³-hybridized carbons (Fsp3) is 0.571. The average Bonchev–Trinajstić information content (AvgIpc) is 2.94. The summed E-state index contributed by atoms with van der Waals surface area (Å²) in [6.07, 6.45) is -2.52. The fourth-order valence-corrected chi connectivity index (χ4v) is 2.85. The van der Waals surface area contributed by atoms with Crippen LogP contribution in [0, 0.1) is 0 Å². The van der Waals surface area contributed by atoms with E-state index in [4.69, 9.17) is 9.47 Å². The maximum atomic E-state index is 13.0. The molecule has 1 atom stereocenters. The van der Waals surface area contributed by atoms with Gasteiger partial charge in [0, 0.05) is 44.2 Å². The number of piperazine rings is 1. The first-order valence-electron chi connectivity index (χ1n) is 6.87. The van der Waals surface area contributed by atoms with Crippen LogP contribution in [0.1, 0.15) is 18.0 Å². The zero-order valence-corrected chi connectivity index (χ0v) is 12.4. The van der Waals surface area contributed by atoms with Gasteiger partial charge in [0.05, 0.1) is 0 Å². The van der Waals surface area contributed by atoms with Crippen LogP contribution in [0.3, 0.4) is 0 Å². The van der Waals surface area contributed by atoms with E-state index >= 15 is 0 Å². The van der Waals surface area contributed by atoms with Gasteiger partial charge in [-0.15, -0.1) is 12.4 Å². The third-order valence-corrected chi connectivity index (χ3v) is 3.78. The second-order valence-corrected chi connectivity index (χ2v) is 5.01. The van der Waals surface area contributed by atoms with E-state index in [0.29, 0.717) is 11.5 Å². The number of fused-ring (bicyclic) bond motifs is 1. The minimum absolute atomic E-state index is 0. The summed E-state index contributed by atoms with van der Waals surface area (Å²) in [6.45, 7) is 3.34. The van der Waals surface area contributed by atoms with Gasteiger partial charge in [0.15, 0.2) is 11.5 Å². The maximum absolute atomic E-state index is 13.0. The second kappa shape index (κ2) is 7.24. The number of nitrogens with zero attached hydrogens (tertiary/aromatic N) is 1. The van der Waals surface area contributed by atoms with Crippen LogP contribution in [0.15, 0.2) is 18.2 Å². The molecule has 2 heterocycles. The van der Waals surface area contributed by atoms with Crippen LogP contribution in [0.5, 0.6) is 11.5 Å². The minimum Gasteiger partial charge on any atom is -0.454 e. The number of halogens is 3. The van der Waals surface area contributed by atoms with Gasteiger partial charge in [0.2, 0.25) is 13.2 Å². The van der Waals surface area contributed by atoms with Gasteiger partial charge in [0.1, 0.15) is 0 Å². The van der Waals surface area contributed by atoms with Gasteiger partial charge < -0.3 is 14.8 Å². The van der Waals surface area contributed by atoms with Gasteiger partial charge in [0.25, 0.3) is 0 Å². The second-order valence-electron chi connectivity index (χ2n) is 5.01. The molecule has 1 fully saturated rings. The van der Waals surface area contributed by atoms with E-state index in [1.165, 1.54) is 0 Å². The summed E-state index contributed by atoms with van der Waals surface area (Å²) in [6, 6.07) is 5.18. The highest BCUT2D eigenvalue weighted by atomic mass is 35.5. The number of hydrogen-bond acceptors (Lipinski definition) is 4. The van der Waals surface area contributed by atoms with Gasteiger partial charge in [-0.25, -0.2) is 8.78 Å². The van der Waals surface area contributed by atoms with Gasteiger partial charge in [-0.1, -0.05) is 12.1 Å². The van der Waals surface area contributed by atoms with Crippen molar-refractivity contribution in [2.45, 2.75) is 18.9 Å². The van der Waals surface area contributed by atoms with Crippen molar-refractivity contribution < 1.29 is 18.3 Å². The molecule has 1 aromatic rings. The van der Waals surface area contributed by atoms with Gasteiger partial charge in [-0.3, -0.25) is 4.90 Å². The first-order valence-corrected chi connectivity index (χ1v) is 6.87. The van der Waals surface area contributed by atoms with Crippen LogP contribution in [0.25, 0.3) is 0 Å². The molecule has 7 heteroatoms.